The SMILES string of the molecule is O=C(Nc1ccccc1OCc1cscn1)C1CCN(C2=NS(=O)(=O)c3ccccc32)CC1. The summed E-state index contributed by atoms with van der Waals surface area (Å²) in [5.74, 6) is 0.825. The van der Waals surface area contributed by atoms with Crippen LogP contribution in [0, 0.1) is 5.92 Å². The Kier molecular flexibility index (Phi) is 5.86. The maximum atomic E-state index is 13.0. The number of rotatable bonds is 5. The van der Waals surface area contributed by atoms with E-state index >= 15 is 0 Å². The molecule has 0 atom stereocenters. The van der Waals surface area contributed by atoms with Crippen LogP contribution in [0.2, 0.25) is 0 Å². The van der Waals surface area contributed by atoms with Gasteiger partial charge in [-0.25, -0.2) is 4.98 Å². The van der Waals surface area contributed by atoms with Crippen molar-refractivity contribution in [2.24, 2.45) is 10.3 Å². The number of piperidine rings is 1. The molecule has 2 aliphatic rings. The first kappa shape index (κ1) is 21.6. The van der Waals surface area contributed by atoms with Gasteiger partial charge in [0.25, 0.3) is 10.0 Å². The summed E-state index contributed by atoms with van der Waals surface area (Å²) < 4.78 is 34.5. The van der Waals surface area contributed by atoms with Crippen LogP contribution in [0.5, 0.6) is 5.75 Å². The summed E-state index contributed by atoms with van der Waals surface area (Å²) in [4.78, 5) is 19.4. The highest BCUT2D eigenvalue weighted by atomic mass is 32.2. The van der Waals surface area contributed by atoms with Gasteiger partial charge < -0.3 is 15.0 Å². The van der Waals surface area contributed by atoms with E-state index in [0.717, 1.165) is 5.69 Å². The van der Waals surface area contributed by atoms with Crippen LogP contribution in [0.4, 0.5) is 5.69 Å². The van der Waals surface area contributed by atoms with Gasteiger partial charge in [-0.1, -0.05) is 24.3 Å². The normalized spacial score (nSPS) is 17.3. The topological polar surface area (TPSA) is 101 Å². The van der Waals surface area contributed by atoms with Crippen LogP contribution in [0.25, 0.3) is 0 Å². The molecule has 1 fully saturated rings. The van der Waals surface area contributed by atoms with E-state index in [2.05, 4.69) is 14.7 Å². The molecule has 0 radical (unpaired) electrons. The number of aromatic nitrogens is 1. The lowest BCUT2D eigenvalue weighted by Crippen LogP contribution is -2.41. The molecule has 3 aromatic rings. The molecule has 0 unspecified atom stereocenters. The van der Waals surface area contributed by atoms with Gasteiger partial charge in [0, 0.05) is 30.0 Å². The molecule has 1 N–H and O–H groups in total. The summed E-state index contributed by atoms with van der Waals surface area (Å²) in [6, 6.07) is 14.2. The van der Waals surface area contributed by atoms with Crippen LogP contribution in [0.15, 0.2) is 68.7 Å². The van der Waals surface area contributed by atoms with Crippen LogP contribution in [-0.4, -0.2) is 43.1 Å². The Morgan fingerprint density at radius 2 is 1.88 bits per heavy atom. The first-order chi connectivity index (χ1) is 16.0. The van der Waals surface area contributed by atoms with Gasteiger partial charge in [-0.3, -0.25) is 4.79 Å². The highest BCUT2D eigenvalue weighted by Gasteiger charge is 2.34. The highest BCUT2D eigenvalue weighted by Crippen LogP contribution is 2.31. The molecular weight excluding hydrogens is 460 g/mol. The monoisotopic (exact) mass is 482 g/mol. The number of thiazole rings is 1. The summed E-state index contributed by atoms with van der Waals surface area (Å²) in [5, 5.41) is 4.92. The molecule has 170 valence electrons. The number of anilines is 1. The Hall–Kier alpha value is -3.24. The van der Waals surface area contributed by atoms with Crippen LogP contribution in [-0.2, 0) is 21.4 Å². The average Bonchev–Trinajstić information content (AvgIpc) is 3.45. The molecule has 0 bridgehead atoms. The lowest BCUT2D eigenvalue weighted by molar-refractivity contribution is -0.121. The minimum absolute atomic E-state index is 0.0688. The molecule has 0 spiro atoms. The number of benzene rings is 2. The molecule has 5 rings (SSSR count). The Morgan fingerprint density at radius 1 is 1.12 bits per heavy atom. The first-order valence-corrected chi connectivity index (χ1v) is 13.0. The van der Waals surface area contributed by atoms with Gasteiger partial charge in [0.15, 0.2) is 5.84 Å². The van der Waals surface area contributed by atoms with Crippen molar-refractivity contribution in [1.82, 2.24) is 9.88 Å². The summed E-state index contributed by atoms with van der Waals surface area (Å²) >= 11 is 1.51. The lowest BCUT2D eigenvalue weighted by atomic mass is 9.95. The molecule has 8 nitrogen and oxygen atoms in total. The predicted molar refractivity (Wildman–Crippen MR) is 126 cm³/mol. The molecule has 2 aliphatic heterocycles. The van der Waals surface area contributed by atoms with Crippen molar-refractivity contribution in [3.05, 3.63) is 70.7 Å². The van der Waals surface area contributed by atoms with E-state index in [0.29, 0.717) is 55.4 Å². The zero-order valence-electron chi connectivity index (χ0n) is 17.7. The molecule has 3 heterocycles. The quantitative estimate of drug-likeness (QED) is 0.597. The van der Waals surface area contributed by atoms with E-state index in [9.17, 15) is 13.2 Å². The second kappa shape index (κ2) is 8.95. The van der Waals surface area contributed by atoms with Crippen molar-refractivity contribution in [3.63, 3.8) is 0 Å². The first-order valence-electron chi connectivity index (χ1n) is 10.6. The average molecular weight is 483 g/mol. The second-order valence-corrected chi connectivity index (χ2v) is 10.2. The molecule has 1 amide bonds. The number of fused-ring (bicyclic) bond motifs is 1. The van der Waals surface area contributed by atoms with Gasteiger partial charge in [-0.2, -0.15) is 8.42 Å². The Bertz CT molecular complexity index is 1300. The number of amidine groups is 1. The largest absolute Gasteiger partial charge is 0.485 e. The van der Waals surface area contributed by atoms with Crippen LogP contribution in [0.3, 0.4) is 0 Å². The molecular formula is C23H22N4O4S2. The Morgan fingerprint density at radius 3 is 2.67 bits per heavy atom. The smallest absolute Gasteiger partial charge is 0.285 e. The summed E-state index contributed by atoms with van der Waals surface area (Å²) in [7, 11) is -3.65. The number of nitrogens with one attached hydrogen (secondary N) is 1. The molecule has 2 aromatic carbocycles. The van der Waals surface area contributed by atoms with E-state index in [1.807, 2.05) is 40.6 Å². The van der Waals surface area contributed by atoms with Crippen LogP contribution >= 0.6 is 11.3 Å². The number of amides is 1. The van der Waals surface area contributed by atoms with Crippen molar-refractivity contribution in [1.29, 1.82) is 0 Å². The number of ether oxygens (including phenoxy) is 1. The summed E-state index contributed by atoms with van der Waals surface area (Å²) in [6.07, 6.45) is 1.21. The van der Waals surface area contributed by atoms with E-state index < -0.39 is 10.0 Å². The zero-order chi connectivity index (χ0) is 22.8. The number of hydrogen-bond acceptors (Lipinski definition) is 7. The molecule has 33 heavy (non-hydrogen) atoms. The molecule has 0 aliphatic carbocycles. The number of carbonyl (C=O) groups excluding carboxylic acids is 1. The lowest BCUT2D eigenvalue weighted by Gasteiger charge is -2.32. The molecule has 1 aromatic heterocycles. The number of hydrogen-bond donors (Lipinski definition) is 1. The fraction of sp³-hybridized carbons (Fsp3) is 0.261. The number of para-hydroxylation sites is 2. The Balaban J connectivity index is 1.22. The fourth-order valence-electron chi connectivity index (χ4n) is 4.06. The third kappa shape index (κ3) is 4.49. The maximum absolute atomic E-state index is 13.0. The van der Waals surface area contributed by atoms with Gasteiger partial charge in [0.2, 0.25) is 5.91 Å². The summed E-state index contributed by atoms with van der Waals surface area (Å²) in [6.45, 7) is 1.45. The van der Waals surface area contributed by atoms with Crippen molar-refractivity contribution in [3.8, 4) is 5.75 Å². The number of likely N-dealkylation sites (tertiary alicyclic amines) is 1. The van der Waals surface area contributed by atoms with Crippen LogP contribution in [0.1, 0.15) is 24.1 Å². The van der Waals surface area contributed by atoms with Crippen molar-refractivity contribution in [2.45, 2.75) is 24.3 Å². The standard InChI is InChI=1S/C23H22N4O4S2/c28-23(25-19-6-2-3-7-20(19)31-13-17-14-32-15-24-17)16-9-11-27(12-10-16)22-18-5-1-4-8-21(18)33(29,30)26-22/h1-8,14-16H,9-13H2,(H,25,28). The van der Waals surface area contributed by atoms with Gasteiger partial charge in [0.05, 0.1) is 16.9 Å². The van der Waals surface area contributed by atoms with Crippen molar-refractivity contribution >= 4 is 38.8 Å². The highest BCUT2D eigenvalue weighted by molar-refractivity contribution is 7.90. The number of nitrogens with zero attached hydrogens (tertiary/aromatic N) is 3. The number of carbonyl (C=O) groups is 1. The minimum Gasteiger partial charge on any atom is -0.485 e. The third-order valence-corrected chi connectivity index (χ3v) is 7.74. The molecule has 10 heteroatoms. The van der Waals surface area contributed by atoms with Gasteiger partial charge >= 0.3 is 0 Å². The van der Waals surface area contributed by atoms with Crippen molar-refractivity contribution in [2.75, 3.05) is 18.4 Å². The summed E-state index contributed by atoms with van der Waals surface area (Å²) in [5.41, 5.74) is 3.85. The number of sulfonamides is 1. The van der Waals surface area contributed by atoms with E-state index in [1.54, 1.807) is 23.7 Å². The van der Waals surface area contributed by atoms with E-state index in [1.165, 1.54) is 11.3 Å². The van der Waals surface area contributed by atoms with Gasteiger partial charge in [0.1, 0.15) is 17.3 Å². The maximum Gasteiger partial charge on any atom is 0.285 e. The van der Waals surface area contributed by atoms with Gasteiger partial charge in [-0.15, -0.1) is 15.7 Å². The van der Waals surface area contributed by atoms with Crippen LogP contribution < -0.4 is 10.1 Å². The zero-order valence-corrected chi connectivity index (χ0v) is 19.3. The third-order valence-electron chi connectivity index (χ3n) is 5.78. The van der Waals surface area contributed by atoms with E-state index in [4.69, 9.17) is 4.74 Å². The van der Waals surface area contributed by atoms with E-state index in [-0.39, 0.29) is 16.7 Å². The minimum atomic E-state index is -3.65. The van der Waals surface area contributed by atoms with Crippen molar-refractivity contribution < 1.29 is 17.9 Å². The predicted octanol–water partition coefficient (Wildman–Crippen LogP) is 3.52. The molecule has 0 saturated carbocycles. The Labute approximate surface area is 196 Å². The molecule has 1 saturated heterocycles. The fourth-order valence-corrected chi connectivity index (χ4v) is 5.83. The van der Waals surface area contributed by atoms with Gasteiger partial charge in [-0.05, 0) is 37.1 Å². The second-order valence-electron chi connectivity index (χ2n) is 7.90.